The third-order valence-corrected chi connectivity index (χ3v) is 5.34. The number of hydrogen-bond acceptors (Lipinski definition) is 4. The highest BCUT2D eigenvalue weighted by atomic mass is 35.5. The maximum atomic E-state index is 12.8. The van der Waals surface area contributed by atoms with Crippen molar-refractivity contribution in [1.29, 1.82) is 0 Å². The Morgan fingerprint density at radius 3 is 2.56 bits per heavy atom. The first-order valence-corrected chi connectivity index (χ1v) is 8.58. The summed E-state index contributed by atoms with van der Waals surface area (Å²) >= 11 is 0. The quantitative estimate of drug-likeness (QED) is 0.801. The maximum absolute atomic E-state index is 12.8. The van der Waals surface area contributed by atoms with E-state index in [0.717, 1.165) is 11.3 Å². The number of amides is 1. The summed E-state index contributed by atoms with van der Waals surface area (Å²) in [6, 6.07) is 7.85. The Bertz CT molecular complexity index is 594. The van der Waals surface area contributed by atoms with E-state index in [1.54, 1.807) is 11.9 Å². The van der Waals surface area contributed by atoms with Gasteiger partial charge in [-0.2, -0.15) is 0 Å². The van der Waals surface area contributed by atoms with Gasteiger partial charge in [-0.05, 0) is 25.5 Å². The summed E-state index contributed by atoms with van der Waals surface area (Å²) in [7, 11) is 1.78. The molecular weight excluding hydrogens is 340 g/mol. The van der Waals surface area contributed by atoms with Crippen molar-refractivity contribution in [2.24, 2.45) is 11.1 Å². The number of halogens is 1. The second kappa shape index (κ2) is 8.39. The van der Waals surface area contributed by atoms with E-state index in [9.17, 15) is 4.79 Å². The van der Waals surface area contributed by atoms with Crippen molar-refractivity contribution in [3.8, 4) is 5.75 Å². The van der Waals surface area contributed by atoms with E-state index >= 15 is 0 Å². The van der Waals surface area contributed by atoms with Crippen LogP contribution in [0.2, 0.25) is 0 Å². The van der Waals surface area contributed by atoms with Crippen molar-refractivity contribution in [3.63, 3.8) is 0 Å². The Hall–Kier alpha value is -1.30. The minimum Gasteiger partial charge on any atom is -0.491 e. The highest BCUT2D eigenvalue weighted by Crippen LogP contribution is 2.50. The van der Waals surface area contributed by atoms with Crippen LogP contribution < -0.4 is 10.5 Å². The van der Waals surface area contributed by atoms with Crippen LogP contribution in [0.15, 0.2) is 24.3 Å². The number of benzene rings is 1. The molecule has 0 aliphatic heterocycles. The highest BCUT2D eigenvalue weighted by molar-refractivity contribution is 5.88. The van der Waals surface area contributed by atoms with E-state index in [2.05, 4.69) is 0 Å². The number of carbonyl (C=O) groups is 1. The lowest BCUT2D eigenvalue weighted by molar-refractivity contribution is -0.178. The largest absolute Gasteiger partial charge is 0.491 e. The molecule has 1 amide bonds. The molecule has 0 bridgehead atoms. The molecule has 0 saturated heterocycles. The molecule has 0 aromatic heterocycles. The number of nitrogens with two attached hydrogens (primary N) is 1. The number of carbonyl (C=O) groups excluding carboxylic acids is 1. The molecule has 1 saturated carbocycles. The fourth-order valence-corrected chi connectivity index (χ4v) is 3.25. The van der Waals surface area contributed by atoms with Crippen LogP contribution in [0.5, 0.6) is 5.75 Å². The van der Waals surface area contributed by atoms with E-state index in [1.807, 2.05) is 52.0 Å². The fourth-order valence-electron chi connectivity index (χ4n) is 3.25. The van der Waals surface area contributed by atoms with E-state index in [0.29, 0.717) is 26.2 Å². The van der Waals surface area contributed by atoms with Crippen LogP contribution in [0.4, 0.5) is 0 Å². The molecule has 25 heavy (non-hydrogen) atoms. The third-order valence-electron chi connectivity index (χ3n) is 5.34. The van der Waals surface area contributed by atoms with Gasteiger partial charge in [-0.1, -0.05) is 32.0 Å². The molecule has 0 heterocycles. The number of aryl methyl sites for hydroxylation is 1. The molecule has 2 unspecified atom stereocenters. The van der Waals surface area contributed by atoms with Gasteiger partial charge in [0.1, 0.15) is 17.9 Å². The number of likely N-dealkylation sites (N-methyl/N-ethyl adjacent to an activating group) is 1. The molecule has 6 heteroatoms. The van der Waals surface area contributed by atoms with E-state index in [1.165, 1.54) is 0 Å². The molecule has 5 nitrogen and oxygen atoms in total. The van der Waals surface area contributed by atoms with Gasteiger partial charge in [0.15, 0.2) is 0 Å². The van der Waals surface area contributed by atoms with E-state index in [4.69, 9.17) is 15.2 Å². The fraction of sp³-hybridized carbons (Fsp3) is 0.632. The average Bonchev–Trinajstić information content (AvgIpc) is 2.55. The molecule has 142 valence electrons. The normalized spacial score (nSPS) is 24.0. The SMILES string of the molecule is CCOC1CC(N)(C(=O)N(C)CCOc2ccccc2C)C1(C)C.Cl. The van der Waals surface area contributed by atoms with Crippen molar-refractivity contribution >= 4 is 18.3 Å². The molecule has 1 aromatic carbocycles. The predicted molar refractivity (Wildman–Crippen MR) is 102 cm³/mol. The molecule has 1 aromatic rings. The molecule has 2 N–H and O–H groups in total. The van der Waals surface area contributed by atoms with E-state index < -0.39 is 5.54 Å². The van der Waals surface area contributed by atoms with Crippen molar-refractivity contribution in [2.45, 2.75) is 45.8 Å². The highest BCUT2D eigenvalue weighted by Gasteiger charge is 2.63. The Morgan fingerprint density at radius 1 is 1.36 bits per heavy atom. The molecule has 1 aliphatic carbocycles. The first kappa shape index (κ1) is 21.7. The molecule has 1 fully saturated rings. The van der Waals surface area contributed by atoms with E-state index in [-0.39, 0.29) is 29.8 Å². The number of para-hydroxylation sites is 1. The smallest absolute Gasteiger partial charge is 0.243 e. The summed E-state index contributed by atoms with van der Waals surface area (Å²) in [5.74, 6) is 0.804. The van der Waals surface area contributed by atoms with Crippen LogP contribution in [-0.4, -0.2) is 49.3 Å². The molecule has 2 rings (SSSR count). The van der Waals surface area contributed by atoms with Crippen LogP contribution in [-0.2, 0) is 9.53 Å². The van der Waals surface area contributed by atoms with Gasteiger partial charge in [0.2, 0.25) is 5.91 Å². The third kappa shape index (κ3) is 4.10. The molecule has 0 radical (unpaired) electrons. The minimum absolute atomic E-state index is 0. The molecule has 0 spiro atoms. The number of ether oxygens (including phenoxy) is 2. The lowest BCUT2D eigenvalue weighted by atomic mass is 9.54. The lowest BCUT2D eigenvalue weighted by Gasteiger charge is -2.58. The van der Waals surface area contributed by atoms with Gasteiger partial charge in [-0.25, -0.2) is 0 Å². The minimum atomic E-state index is -0.871. The summed E-state index contributed by atoms with van der Waals surface area (Å²) in [5, 5.41) is 0. The van der Waals surface area contributed by atoms with Crippen molar-refractivity contribution in [2.75, 3.05) is 26.8 Å². The first-order chi connectivity index (χ1) is 11.2. The number of hydrogen-bond donors (Lipinski definition) is 1. The second-order valence-electron chi connectivity index (χ2n) is 7.18. The topological polar surface area (TPSA) is 64.8 Å². The number of rotatable bonds is 7. The van der Waals surface area contributed by atoms with Gasteiger partial charge in [0.05, 0.1) is 12.6 Å². The second-order valence-corrected chi connectivity index (χ2v) is 7.18. The van der Waals surface area contributed by atoms with Crippen LogP contribution >= 0.6 is 12.4 Å². The van der Waals surface area contributed by atoms with Gasteiger partial charge in [-0.3, -0.25) is 4.79 Å². The summed E-state index contributed by atoms with van der Waals surface area (Å²) in [6.07, 6.45) is 0.600. The first-order valence-electron chi connectivity index (χ1n) is 8.58. The molecule has 2 atom stereocenters. The van der Waals surface area contributed by atoms with Gasteiger partial charge in [-0.15, -0.1) is 12.4 Å². The summed E-state index contributed by atoms with van der Waals surface area (Å²) in [4.78, 5) is 14.5. The zero-order valence-corrected chi connectivity index (χ0v) is 16.7. The Balaban J connectivity index is 0.00000312. The molecular formula is C19H31ClN2O3. The zero-order chi connectivity index (χ0) is 18.0. The van der Waals surface area contributed by atoms with Crippen LogP contribution in [0, 0.1) is 12.3 Å². The summed E-state index contributed by atoms with van der Waals surface area (Å²) < 4.78 is 11.5. The number of nitrogens with zero attached hydrogens (tertiary/aromatic N) is 1. The van der Waals surface area contributed by atoms with Crippen molar-refractivity contribution in [3.05, 3.63) is 29.8 Å². The standard InChI is InChI=1S/C19H30N2O3.ClH/c1-6-23-16-13-19(20,18(16,3)4)17(22)21(5)11-12-24-15-10-8-7-9-14(15)2;/h7-10,16H,6,11-13,20H2,1-5H3;1H. The Labute approximate surface area is 157 Å². The van der Waals surface area contributed by atoms with Crippen LogP contribution in [0.25, 0.3) is 0 Å². The van der Waals surface area contributed by atoms with Gasteiger partial charge in [0.25, 0.3) is 0 Å². The van der Waals surface area contributed by atoms with Gasteiger partial charge < -0.3 is 20.1 Å². The van der Waals surface area contributed by atoms with Crippen molar-refractivity contribution in [1.82, 2.24) is 4.90 Å². The summed E-state index contributed by atoms with van der Waals surface area (Å²) in [6.45, 7) is 9.56. The monoisotopic (exact) mass is 370 g/mol. The maximum Gasteiger partial charge on any atom is 0.243 e. The van der Waals surface area contributed by atoms with Gasteiger partial charge >= 0.3 is 0 Å². The molecule has 1 aliphatic rings. The van der Waals surface area contributed by atoms with Crippen LogP contribution in [0.1, 0.15) is 32.8 Å². The lowest BCUT2D eigenvalue weighted by Crippen LogP contribution is -2.75. The predicted octanol–water partition coefficient (Wildman–Crippen LogP) is 2.79. The average molecular weight is 371 g/mol. The van der Waals surface area contributed by atoms with Crippen molar-refractivity contribution < 1.29 is 14.3 Å². The summed E-state index contributed by atoms with van der Waals surface area (Å²) in [5.41, 5.74) is 6.28. The zero-order valence-electron chi connectivity index (χ0n) is 15.9. The Kier molecular flexibility index (Phi) is 7.29. The van der Waals surface area contributed by atoms with Gasteiger partial charge in [0, 0.05) is 25.5 Å². The Morgan fingerprint density at radius 2 is 2.00 bits per heavy atom. The van der Waals surface area contributed by atoms with Crippen LogP contribution in [0.3, 0.4) is 0 Å².